The summed E-state index contributed by atoms with van der Waals surface area (Å²) in [6, 6.07) is 26.1. The van der Waals surface area contributed by atoms with Crippen molar-refractivity contribution in [3.8, 4) is 22.3 Å². The normalized spacial score (nSPS) is 19.5. The third kappa shape index (κ3) is 14.3. The van der Waals surface area contributed by atoms with Gasteiger partial charge >= 0.3 is 5.97 Å². The van der Waals surface area contributed by atoms with Crippen molar-refractivity contribution in [2.45, 2.75) is 122 Å². The molecule has 10 aromatic rings. The Morgan fingerprint density at radius 2 is 1.12 bits per heavy atom. The van der Waals surface area contributed by atoms with Gasteiger partial charge in [-0.15, -0.1) is 12.4 Å². The van der Waals surface area contributed by atoms with Crippen LogP contribution in [0.3, 0.4) is 0 Å². The zero-order valence-corrected chi connectivity index (χ0v) is 55.4. The molecule has 4 N–H and O–H groups in total. The number of halogens is 3. The molecule has 2 aromatic carbocycles. The molecule has 476 valence electrons. The number of ketones is 2. The largest absolute Gasteiger partial charge is 0.480 e. The second kappa shape index (κ2) is 27.8. The van der Waals surface area contributed by atoms with Crippen molar-refractivity contribution in [1.82, 2.24) is 68.9 Å². The second-order valence-electron chi connectivity index (χ2n) is 23.3. The molecule has 8 aromatic heterocycles. The zero-order valence-electron chi connectivity index (χ0n) is 48.8. The van der Waals surface area contributed by atoms with Gasteiger partial charge < -0.3 is 26.0 Å². The van der Waals surface area contributed by atoms with Crippen LogP contribution in [0.15, 0.2) is 119 Å². The van der Waals surface area contributed by atoms with Crippen molar-refractivity contribution in [2.75, 3.05) is 10.6 Å². The van der Waals surface area contributed by atoms with Crippen molar-refractivity contribution < 1.29 is 33.9 Å². The van der Waals surface area contributed by atoms with Crippen LogP contribution in [0.25, 0.3) is 55.4 Å². The van der Waals surface area contributed by atoms with E-state index in [0.29, 0.717) is 74.0 Å². The number of hydrogen-bond acceptors (Lipinski definition) is 17. The Labute approximate surface area is 567 Å². The van der Waals surface area contributed by atoms with E-state index in [4.69, 9.17) is 10.2 Å². The Kier molecular flexibility index (Phi) is 20.2. The number of Topliss-reactive ketones (excluding diaryl/α,β-unsaturated/α-hetero) is 2. The van der Waals surface area contributed by atoms with Gasteiger partial charge in [-0.1, -0.05) is 31.7 Å². The molecule has 6 aliphatic rings. The summed E-state index contributed by atoms with van der Waals surface area (Å²) in [5.41, 5.74) is 9.09. The summed E-state index contributed by atoms with van der Waals surface area (Å²) >= 11 is 13.9. The number of carboxylic acids is 1. The maximum absolute atomic E-state index is 13.7. The predicted octanol–water partition coefficient (Wildman–Crippen LogP) is 10.2. The number of hydrogen-bond donors (Lipinski definition) is 4. The number of benzene rings is 2. The van der Waals surface area contributed by atoms with Crippen LogP contribution in [0.5, 0.6) is 0 Å². The number of piperidine rings is 2. The summed E-state index contributed by atoms with van der Waals surface area (Å²) in [6.45, 7) is 2.53. The number of aromatic nitrogens is 12. The van der Waals surface area contributed by atoms with Crippen LogP contribution < -0.4 is 16.0 Å². The summed E-state index contributed by atoms with van der Waals surface area (Å²) in [7, 11) is 0. The average Bonchev–Trinajstić information content (AvgIpc) is 1.59. The number of nitrogens with one attached hydrogen (secondary N) is 3. The summed E-state index contributed by atoms with van der Waals surface area (Å²) in [4.78, 5) is 93.8. The number of carbonyl (C=O) groups is 6. The Morgan fingerprint density at radius 1 is 0.620 bits per heavy atom. The highest BCUT2D eigenvalue weighted by Gasteiger charge is 2.56. The van der Waals surface area contributed by atoms with Gasteiger partial charge in [0.1, 0.15) is 51.4 Å². The maximum Gasteiger partial charge on any atom is 0.325 e. The molecule has 2 saturated heterocycles. The van der Waals surface area contributed by atoms with Gasteiger partial charge in [0.2, 0.25) is 17.7 Å². The van der Waals surface area contributed by atoms with Gasteiger partial charge in [-0.25, -0.2) is 29.0 Å². The third-order valence-electron chi connectivity index (χ3n) is 16.9. The summed E-state index contributed by atoms with van der Waals surface area (Å²) < 4.78 is 7.86. The lowest BCUT2D eigenvalue weighted by molar-refractivity contribution is -0.138. The van der Waals surface area contributed by atoms with Gasteiger partial charge in [0.15, 0.2) is 22.9 Å². The van der Waals surface area contributed by atoms with Crippen LogP contribution in [0.4, 0.5) is 11.6 Å². The molecule has 0 radical (unpaired) electrons. The number of aliphatic carboxylic acids is 1. The van der Waals surface area contributed by atoms with Gasteiger partial charge in [-0.05, 0) is 155 Å². The number of amides is 3. The van der Waals surface area contributed by atoms with Crippen molar-refractivity contribution in [3.63, 3.8) is 0 Å². The molecule has 10 heterocycles. The SMILES string of the molecule is C.CC(=O)c1nn(CC(=O)N2[C@@H]3C[C@@H]3C[C@H]2C(=O)Nc2cccc(Br)n2)c2ccc(-c3cnc4cc(C5CC5)nn4c3)cc12.CC(=O)c1nn(CC(=O)O)c2ccc(-c3cnc4cc(C5CC5)nn4c3)cc12.Cl.O=C(Nc1cccc(Br)n1)[C@@H]1C[C@H]2C[C@H]2N1.S.S=S. The van der Waals surface area contributed by atoms with Crippen LogP contribution in [-0.2, 0) is 54.6 Å². The summed E-state index contributed by atoms with van der Waals surface area (Å²) in [5.74, 6) is 1.33. The van der Waals surface area contributed by atoms with Crippen LogP contribution in [0.1, 0.15) is 117 Å². The first kappa shape index (κ1) is 67.0. The number of carbonyl (C=O) groups excluding carboxylic acids is 5. The molecule has 2 aliphatic heterocycles. The Hall–Kier alpha value is -7.86. The van der Waals surface area contributed by atoms with E-state index in [1.54, 1.807) is 50.6 Å². The molecule has 6 atom stereocenters. The van der Waals surface area contributed by atoms with E-state index >= 15 is 0 Å². The fourth-order valence-electron chi connectivity index (χ4n) is 12.0. The molecule has 29 heteroatoms. The number of likely N-dealkylation sites (tertiary alicyclic amines) is 1. The van der Waals surface area contributed by atoms with Gasteiger partial charge in [0.25, 0.3) is 0 Å². The molecule has 3 amide bonds. The minimum absolute atomic E-state index is 0. The van der Waals surface area contributed by atoms with Crippen LogP contribution in [0.2, 0.25) is 0 Å². The molecule has 0 spiro atoms. The number of rotatable bonds is 14. The molecule has 92 heavy (non-hydrogen) atoms. The fourth-order valence-corrected chi connectivity index (χ4v) is 12.7. The van der Waals surface area contributed by atoms with Crippen LogP contribution in [0, 0.1) is 11.8 Å². The number of anilines is 2. The summed E-state index contributed by atoms with van der Waals surface area (Å²) in [6.07, 6.45) is 15.9. The van der Waals surface area contributed by atoms with Crippen molar-refractivity contribution in [3.05, 3.63) is 142 Å². The van der Waals surface area contributed by atoms with E-state index in [1.807, 2.05) is 77.7 Å². The number of carboxylic acid groups (broad SMARTS) is 1. The quantitative estimate of drug-likeness (QED) is 0.0581. The summed E-state index contributed by atoms with van der Waals surface area (Å²) in [5, 5.41) is 37.5. The van der Waals surface area contributed by atoms with Gasteiger partial charge in [-0.2, -0.15) is 33.9 Å². The highest BCUT2D eigenvalue weighted by atomic mass is 79.9. The Bertz CT molecular complexity index is 4530. The van der Waals surface area contributed by atoms with Crippen molar-refractivity contribution >= 4 is 160 Å². The molecule has 4 saturated carbocycles. The van der Waals surface area contributed by atoms with E-state index in [9.17, 15) is 28.8 Å². The monoisotopic (exact) mass is 1440 g/mol. The lowest BCUT2D eigenvalue weighted by Gasteiger charge is -2.26. The number of nitrogens with zero attached hydrogens (tertiary/aromatic N) is 13. The first-order valence-electron chi connectivity index (χ1n) is 29.1. The van der Waals surface area contributed by atoms with Gasteiger partial charge in [0, 0.05) is 119 Å². The maximum atomic E-state index is 13.7. The molecule has 4 aliphatic carbocycles. The van der Waals surface area contributed by atoms with Crippen molar-refractivity contribution in [1.29, 1.82) is 0 Å². The van der Waals surface area contributed by atoms with E-state index < -0.39 is 12.0 Å². The van der Waals surface area contributed by atoms with Gasteiger partial charge in [0.05, 0.1) is 28.5 Å². The average molecular weight is 1450 g/mol. The minimum Gasteiger partial charge on any atom is -0.480 e. The zero-order chi connectivity index (χ0) is 61.9. The Morgan fingerprint density at radius 3 is 1.58 bits per heavy atom. The Balaban J connectivity index is 0.000000162. The van der Waals surface area contributed by atoms with E-state index in [2.05, 4.69) is 105 Å². The van der Waals surface area contributed by atoms with E-state index in [1.165, 1.54) is 50.6 Å². The topological polar surface area (TPSA) is 284 Å². The van der Waals surface area contributed by atoms with Crippen molar-refractivity contribution in [2.24, 2.45) is 11.8 Å². The highest BCUT2D eigenvalue weighted by molar-refractivity contribution is 9.10. The van der Waals surface area contributed by atoms with Gasteiger partial charge in [-0.3, -0.25) is 38.1 Å². The molecular formula is C63H63Br2ClN16O7S3. The van der Waals surface area contributed by atoms with E-state index in [-0.39, 0.29) is 93.5 Å². The second-order valence-corrected chi connectivity index (χ2v) is 24.9. The minimum atomic E-state index is -1.01. The fraction of sp³-hybridized carbons (Fsp3) is 0.333. The van der Waals surface area contributed by atoms with Crippen LogP contribution in [-0.4, -0.2) is 128 Å². The number of pyridine rings is 2. The predicted molar refractivity (Wildman–Crippen MR) is 366 cm³/mol. The lowest BCUT2D eigenvalue weighted by Crippen LogP contribution is -2.46. The van der Waals surface area contributed by atoms with Crippen LogP contribution >= 0.6 is 57.8 Å². The highest BCUT2D eigenvalue weighted by Crippen LogP contribution is 2.48. The molecule has 23 nitrogen and oxygen atoms in total. The first-order valence-corrected chi connectivity index (χ1v) is 32.0. The lowest BCUT2D eigenvalue weighted by atomic mass is 10.0. The molecular weight excluding hydrogens is 1380 g/mol. The third-order valence-corrected chi connectivity index (χ3v) is 17.8. The molecule has 0 bridgehead atoms. The molecule has 6 fully saturated rings. The standard InChI is InChI=1S/C31H27BrN8O3.C20H17N5O3.C11H12BrN3O.CH4.ClH.S2.H2S/c1-16(41)30-21-9-18(20-13-33-28-12-22(17-5-6-17)36-39(28)14-20)7-8-23(21)38(37-30)15-29(42)40-24-10-19(24)11-25(40)31(43)35-27-4-2-3-26(32)34-27;1-11(26)20-15-6-13(4-5-17(15)24(23-20)10-19(27)28)14-8-21-18-7-16(12-2-3-12)22-25(18)9-14;12-9-2-1-3-10(14-9)15-11(16)8-5-6-4-7(6)13-8;;;1-2;/h2-4,7-9,12-14,17,19,24-25H,5-6,10-11,15H2,1H3,(H,34,35,43);4-9,12H,2-3,10H2,1H3,(H,27,28);1-3,6-8,13H,4-5H2,(H,14,15,16);1H4;1H;;1H2/t19-,24-,25+;;6-,7-,8+;;;;/m1.1..../s1. The molecule has 0 unspecified atom stereocenters. The van der Waals surface area contributed by atoms with E-state index in [0.717, 1.165) is 68.3 Å². The smallest absolute Gasteiger partial charge is 0.325 e. The first-order chi connectivity index (χ1) is 43.0. The molecule has 16 rings (SSSR count). The number of fused-ring (bicyclic) bond motifs is 6.